The summed E-state index contributed by atoms with van der Waals surface area (Å²) in [6.07, 6.45) is 2.37. The van der Waals surface area contributed by atoms with Gasteiger partial charge in [0.15, 0.2) is 0 Å². The summed E-state index contributed by atoms with van der Waals surface area (Å²) < 4.78 is 0. The average molecular weight is 156 g/mol. The molecule has 65 valence electrons. The quantitative estimate of drug-likeness (QED) is 0.581. The average Bonchev–Trinajstić information content (AvgIpc) is 2.28. The van der Waals surface area contributed by atoms with Crippen molar-refractivity contribution in [3.63, 3.8) is 0 Å². The van der Waals surface area contributed by atoms with Crippen LogP contribution in [0.25, 0.3) is 0 Å². The highest BCUT2D eigenvalue weighted by atomic mass is 15.0. The van der Waals surface area contributed by atoms with Gasteiger partial charge in [-0.25, -0.2) is 5.32 Å². The number of rotatable bonds is 3. The molecule has 0 saturated carbocycles. The summed E-state index contributed by atoms with van der Waals surface area (Å²) in [5, 5.41) is 11.1. The summed E-state index contributed by atoms with van der Waals surface area (Å²) in [5.41, 5.74) is 0. The van der Waals surface area contributed by atoms with E-state index in [0.29, 0.717) is 6.04 Å². The van der Waals surface area contributed by atoms with Crippen LogP contribution in [-0.2, 0) is 0 Å². The van der Waals surface area contributed by atoms with E-state index in [0.717, 1.165) is 26.2 Å². The van der Waals surface area contributed by atoms with E-state index in [9.17, 15) is 0 Å². The van der Waals surface area contributed by atoms with Crippen molar-refractivity contribution >= 4 is 0 Å². The van der Waals surface area contributed by atoms with Gasteiger partial charge < -0.3 is 10.6 Å². The molecule has 0 aromatic rings. The third kappa shape index (κ3) is 3.70. The zero-order valence-electron chi connectivity index (χ0n) is 7.27. The zero-order chi connectivity index (χ0) is 7.94. The topological polar surface area (TPSA) is 38.2 Å². The Hall–Kier alpha value is -0.120. The van der Waals surface area contributed by atoms with Crippen molar-refractivity contribution in [2.45, 2.75) is 18.9 Å². The third-order valence-corrected chi connectivity index (χ3v) is 2.01. The largest absolute Gasteiger partial charge is 0.320 e. The van der Waals surface area contributed by atoms with Gasteiger partial charge in [-0.1, -0.05) is 0 Å². The minimum Gasteiger partial charge on any atom is -0.320 e. The first-order valence-corrected chi connectivity index (χ1v) is 4.45. The number of nitrogens with zero attached hydrogens (tertiary/aromatic N) is 1. The molecule has 0 aromatic carbocycles. The molecule has 0 amide bonds. The summed E-state index contributed by atoms with van der Waals surface area (Å²) in [4.78, 5) is 0. The Bertz CT molecular complexity index is 87.3. The van der Waals surface area contributed by atoms with Crippen molar-refractivity contribution < 1.29 is 0 Å². The summed E-state index contributed by atoms with van der Waals surface area (Å²) >= 11 is 0. The van der Waals surface area contributed by atoms with Crippen LogP contribution < -0.4 is 16.0 Å². The lowest BCUT2D eigenvalue weighted by atomic mass is 10.2. The van der Waals surface area contributed by atoms with E-state index in [1.54, 1.807) is 0 Å². The first-order chi connectivity index (χ1) is 5.43. The lowest BCUT2D eigenvalue weighted by Gasteiger charge is -2.12. The number of hydrogen-bond acceptors (Lipinski definition) is 2. The normalized spacial score (nSPS) is 26.5. The molecule has 0 spiro atoms. The fraction of sp³-hybridized carbons (Fsp3) is 1.00. The molecule has 3 heteroatoms. The van der Waals surface area contributed by atoms with E-state index in [2.05, 4.69) is 16.0 Å². The van der Waals surface area contributed by atoms with Crippen molar-refractivity contribution in [1.82, 2.24) is 16.0 Å². The molecule has 0 aliphatic carbocycles. The van der Waals surface area contributed by atoms with Gasteiger partial charge in [-0.3, -0.25) is 0 Å². The lowest BCUT2D eigenvalue weighted by molar-refractivity contribution is 0.477. The molecular formula is C8H18N3. The van der Waals surface area contributed by atoms with Gasteiger partial charge in [-0.2, -0.15) is 0 Å². The van der Waals surface area contributed by atoms with Crippen LogP contribution in [0.15, 0.2) is 0 Å². The van der Waals surface area contributed by atoms with E-state index < -0.39 is 0 Å². The smallest absolute Gasteiger partial charge is 0.0382 e. The molecule has 1 aliphatic rings. The maximum absolute atomic E-state index is 4.56. The Morgan fingerprint density at radius 1 is 1.64 bits per heavy atom. The van der Waals surface area contributed by atoms with Crippen LogP contribution in [-0.4, -0.2) is 39.3 Å². The minimum absolute atomic E-state index is 0.546. The van der Waals surface area contributed by atoms with E-state index in [-0.39, 0.29) is 0 Å². The van der Waals surface area contributed by atoms with Crippen LogP contribution in [0.4, 0.5) is 0 Å². The molecule has 1 heterocycles. The van der Waals surface area contributed by atoms with Gasteiger partial charge in [0.1, 0.15) is 0 Å². The molecule has 1 aliphatic heterocycles. The monoisotopic (exact) mass is 156 g/mol. The van der Waals surface area contributed by atoms with Crippen LogP contribution in [0.1, 0.15) is 12.8 Å². The Kier molecular flexibility index (Phi) is 4.50. The van der Waals surface area contributed by atoms with Crippen molar-refractivity contribution in [3.8, 4) is 0 Å². The standard InChI is InChI=1S/C8H18N3/c1-9-6-3-8-7-10-4-2-5-11-8/h8-10H,2-7H2,1H3. The Morgan fingerprint density at radius 3 is 3.36 bits per heavy atom. The van der Waals surface area contributed by atoms with Crippen molar-refractivity contribution in [2.75, 3.05) is 33.2 Å². The van der Waals surface area contributed by atoms with Crippen LogP contribution in [0.2, 0.25) is 0 Å². The second kappa shape index (κ2) is 5.52. The summed E-state index contributed by atoms with van der Waals surface area (Å²) in [6.45, 7) is 4.33. The van der Waals surface area contributed by atoms with Gasteiger partial charge in [-0.05, 0) is 33.0 Å². The maximum Gasteiger partial charge on any atom is 0.0382 e. The molecule has 1 saturated heterocycles. The SMILES string of the molecule is CNCCC1CNCCC[N]1. The summed E-state index contributed by atoms with van der Waals surface area (Å²) in [6, 6.07) is 0.546. The fourth-order valence-electron chi connectivity index (χ4n) is 1.32. The van der Waals surface area contributed by atoms with E-state index >= 15 is 0 Å². The highest BCUT2D eigenvalue weighted by Crippen LogP contribution is 1.95. The predicted octanol–water partition coefficient (Wildman–Crippen LogP) is -0.438. The second-order valence-electron chi connectivity index (χ2n) is 3.01. The first-order valence-electron chi connectivity index (χ1n) is 4.45. The lowest BCUT2D eigenvalue weighted by Crippen LogP contribution is -2.33. The Labute approximate surface area is 68.9 Å². The van der Waals surface area contributed by atoms with Crippen molar-refractivity contribution in [2.24, 2.45) is 0 Å². The van der Waals surface area contributed by atoms with Gasteiger partial charge in [0.25, 0.3) is 0 Å². The predicted molar refractivity (Wildman–Crippen MR) is 46.8 cm³/mol. The Balaban J connectivity index is 2.09. The maximum atomic E-state index is 4.56. The molecule has 1 unspecified atom stereocenters. The zero-order valence-corrected chi connectivity index (χ0v) is 7.27. The molecule has 1 atom stereocenters. The highest BCUT2D eigenvalue weighted by Gasteiger charge is 2.10. The number of nitrogens with one attached hydrogen (secondary N) is 2. The van der Waals surface area contributed by atoms with Gasteiger partial charge in [0.05, 0.1) is 0 Å². The van der Waals surface area contributed by atoms with Crippen LogP contribution in [0, 0.1) is 0 Å². The third-order valence-electron chi connectivity index (χ3n) is 2.01. The van der Waals surface area contributed by atoms with E-state index in [4.69, 9.17) is 0 Å². The molecule has 1 rings (SSSR count). The molecule has 0 aromatic heterocycles. The molecule has 3 nitrogen and oxygen atoms in total. The van der Waals surface area contributed by atoms with Gasteiger partial charge in [-0.15, -0.1) is 0 Å². The van der Waals surface area contributed by atoms with Crippen molar-refractivity contribution in [3.05, 3.63) is 0 Å². The highest BCUT2D eigenvalue weighted by molar-refractivity contribution is 4.73. The molecule has 1 fully saturated rings. The van der Waals surface area contributed by atoms with Crippen LogP contribution >= 0.6 is 0 Å². The fourth-order valence-corrected chi connectivity index (χ4v) is 1.32. The van der Waals surface area contributed by atoms with Crippen LogP contribution in [0.5, 0.6) is 0 Å². The molecule has 0 bridgehead atoms. The molecule has 1 radical (unpaired) electrons. The Morgan fingerprint density at radius 2 is 2.55 bits per heavy atom. The van der Waals surface area contributed by atoms with E-state index in [1.807, 2.05) is 7.05 Å². The van der Waals surface area contributed by atoms with Gasteiger partial charge in [0, 0.05) is 19.1 Å². The molecule has 11 heavy (non-hydrogen) atoms. The minimum atomic E-state index is 0.546. The molecule has 2 N–H and O–H groups in total. The summed E-state index contributed by atoms with van der Waals surface area (Å²) in [7, 11) is 1.99. The van der Waals surface area contributed by atoms with Crippen molar-refractivity contribution in [1.29, 1.82) is 0 Å². The first kappa shape index (κ1) is 8.97. The molecular weight excluding hydrogens is 138 g/mol. The summed E-state index contributed by atoms with van der Waals surface area (Å²) in [5.74, 6) is 0. The number of hydrogen-bond donors (Lipinski definition) is 2. The van der Waals surface area contributed by atoms with E-state index in [1.165, 1.54) is 12.8 Å². The van der Waals surface area contributed by atoms with Gasteiger partial charge >= 0.3 is 0 Å². The van der Waals surface area contributed by atoms with Crippen LogP contribution in [0.3, 0.4) is 0 Å². The van der Waals surface area contributed by atoms with Gasteiger partial charge in [0.2, 0.25) is 0 Å². The second-order valence-corrected chi connectivity index (χ2v) is 3.01.